The van der Waals surface area contributed by atoms with Gasteiger partial charge in [0.2, 0.25) is 5.78 Å². The van der Waals surface area contributed by atoms with E-state index in [0.717, 1.165) is 12.0 Å². The molecule has 1 N–H and O–H groups in total. The first-order valence-corrected chi connectivity index (χ1v) is 9.10. The molecular weight excluding hydrogens is 366 g/mol. The highest BCUT2D eigenvalue weighted by molar-refractivity contribution is 6.33. The second-order valence-electron chi connectivity index (χ2n) is 6.17. The zero-order valence-electron chi connectivity index (χ0n) is 15.5. The van der Waals surface area contributed by atoms with Crippen LogP contribution in [0.15, 0.2) is 48.5 Å². The van der Waals surface area contributed by atoms with Crippen LogP contribution in [0, 0.1) is 0 Å². The quantitative estimate of drug-likeness (QED) is 0.578. The number of rotatable bonds is 7. The number of carbonyl (C=O) groups is 3. The van der Waals surface area contributed by atoms with Gasteiger partial charge in [0.1, 0.15) is 6.04 Å². The van der Waals surface area contributed by atoms with E-state index in [0.29, 0.717) is 5.56 Å². The molecule has 0 radical (unpaired) electrons. The van der Waals surface area contributed by atoms with Gasteiger partial charge in [-0.25, -0.2) is 4.79 Å². The van der Waals surface area contributed by atoms with Crippen molar-refractivity contribution in [3.63, 3.8) is 0 Å². The molecule has 0 aromatic heterocycles. The summed E-state index contributed by atoms with van der Waals surface area (Å²) in [6.07, 6.45) is -0.0774. The number of esters is 1. The number of hydrogen-bond acceptors (Lipinski definition) is 4. The topological polar surface area (TPSA) is 72.5 Å². The SMILES string of the molecule is CCc1ccc(C(=O)[C@@H](C)OC(=O)[C@H](C)NC(=O)c2ccccc2Cl)cc1. The first-order chi connectivity index (χ1) is 12.8. The Kier molecular flexibility index (Phi) is 7.13. The molecule has 0 aliphatic heterocycles. The molecular formula is C21H22ClNO4. The molecule has 2 atom stereocenters. The molecule has 0 aliphatic carbocycles. The Morgan fingerprint density at radius 2 is 1.67 bits per heavy atom. The number of ketones is 1. The number of nitrogens with one attached hydrogen (secondary N) is 1. The van der Waals surface area contributed by atoms with Crippen molar-refractivity contribution in [2.75, 3.05) is 0 Å². The lowest BCUT2D eigenvalue weighted by molar-refractivity contribution is -0.148. The van der Waals surface area contributed by atoms with Crippen LogP contribution >= 0.6 is 11.6 Å². The molecule has 6 heteroatoms. The summed E-state index contributed by atoms with van der Waals surface area (Å²) in [7, 11) is 0. The van der Waals surface area contributed by atoms with Gasteiger partial charge in [0, 0.05) is 5.56 Å². The van der Waals surface area contributed by atoms with Crippen LogP contribution in [0.5, 0.6) is 0 Å². The number of carbonyl (C=O) groups excluding carboxylic acids is 3. The lowest BCUT2D eigenvalue weighted by Crippen LogP contribution is -2.41. The fourth-order valence-electron chi connectivity index (χ4n) is 2.45. The third-order valence-electron chi connectivity index (χ3n) is 4.13. The van der Waals surface area contributed by atoms with Gasteiger partial charge < -0.3 is 10.1 Å². The normalized spacial score (nSPS) is 12.7. The highest BCUT2D eigenvalue weighted by Gasteiger charge is 2.24. The minimum Gasteiger partial charge on any atom is -0.453 e. The van der Waals surface area contributed by atoms with E-state index in [-0.39, 0.29) is 16.4 Å². The Bertz CT molecular complexity index is 832. The Balaban J connectivity index is 1.95. The van der Waals surface area contributed by atoms with Crippen molar-refractivity contribution in [1.82, 2.24) is 5.32 Å². The summed E-state index contributed by atoms with van der Waals surface area (Å²) in [6.45, 7) is 5.03. The first-order valence-electron chi connectivity index (χ1n) is 8.72. The van der Waals surface area contributed by atoms with Crippen LogP contribution in [0.4, 0.5) is 0 Å². The molecule has 2 aromatic carbocycles. The van der Waals surface area contributed by atoms with E-state index in [9.17, 15) is 14.4 Å². The number of hydrogen-bond donors (Lipinski definition) is 1. The van der Waals surface area contributed by atoms with Crippen LogP contribution < -0.4 is 5.32 Å². The van der Waals surface area contributed by atoms with Crippen molar-refractivity contribution < 1.29 is 19.1 Å². The third kappa shape index (κ3) is 5.41. The number of benzene rings is 2. The fraction of sp³-hybridized carbons (Fsp3) is 0.286. The molecule has 0 spiro atoms. The maximum absolute atomic E-state index is 12.4. The predicted octanol–water partition coefficient (Wildman–Crippen LogP) is 3.84. The van der Waals surface area contributed by atoms with Crippen molar-refractivity contribution in [2.45, 2.75) is 39.3 Å². The summed E-state index contributed by atoms with van der Waals surface area (Å²) in [4.78, 5) is 36.8. The Hall–Kier alpha value is -2.66. The summed E-state index contributed by atoms with van der Waals surface area (Å²) in [5.74, 6) is -1.48. The Morgan fingerprint density at radius 1 is 1.04 bits per heavy atom. The van der Waals surface area contributed by atoms with Gasteiger partial charge >= 0.3 is 5.97 Å². The van der Waals surface area contributed by atoms with Gasteiger partial charge in [0.15, 0.2) is 6.10 Å². The van der Waals surface area contributed by atoms with Crippen LogP contribution in [0.1, 0.15) is 47.1 Å². The smallest absolute Gasteiger partial charge is 0.329 e. The molecule has 27 heavy (non-hydrogen) atoms. The van der Waals surface area contributed by atoms with Crippen LogP contribution in [-0.4, -0.2) is 29.8 Å². The molecule has 0 saturated heterocycles. The zero-order valence-corrected chi connectivity index (χ0v) is 16.2. The molecule has 0 bridgehead atoms. The van der Waals surface area contributed by atoms with Crippen molar-refractivity contribution in [3.05, 3.63) is 70.2 Å². The van der Waals surface area contributed by atoms with Gasteiger partial charge in [-0.2, -0.15) is 0 Å². The summed E-state index contributed by atoms with van der Waals surface area (Å²) < 4.78 is 5.22. The maximum Gasteiger partial charge on any atom is 0.329 e. The average molecular weight is 388 g/mol. The maximum atomic E-state index is 12.4. The second kappa shape index (κ2) is 9.33. The number of amides is 1. The predicted molar refractivity (Wildman–Crippen MR) is 104 cm³/mol. The molecule has 0 fully saturated rings. The minimum absolute atomic E-state index is 0.263. The molecule has 2 aromatic rings. The number of ether oxygens (including phenoxy) is 1. The fourth-order valence-corrected chi connectivity index (χ4v) is 2.67. The highest BCUT2D eigenvalue weighted by Crippen LogP contribution is 2.15. The van der Waals surface area contributed by atoms with E-state index >= 15 is 0 Å². The van der Waals surface area contributed by atoms with Gasteiger partial charge in [0.05, 0.1) is 10.6 Å². The number of Topliss-reactive ketones (excluding diaryl/α,β-unsaturated/α-hetero) is 1. The molecule has 0 saturated carbocycles. The van der Waals surface area contributed by atoms with Crippen molar-refractivity contribution >= 4 is 29.3 Å². The van der Waals surface area contributed by atoms with Crippen LogP contribution in [-0.2, 0) is 16.0 Å². The van der Waals surface area contributed by atoms with E-state index in [1.807, 2.05) is 19.1 Å². The van der Waals surface area contributed by atoms with Crippen LogP contribution in [0.25, 0.3) is 0 Å². The summed E-state index contributed by atoms with van der Waals surface area (Å²) >= 11 is 5.98. The van der Waals surface area contributed by atoms with E-state index in [4.69, 9.17) is 16.3 Å². The van der Waals surface area contributed by atoms with E-state index in [1.165, 1.54) is 13.8 Å². The van der Waals surface area contributed by atoms with E-state index in [2.05, 4.69) is 5.32 Å². The van der Waals surface area contributed by atoms with Gasteiger partial charge in [-0.15, -0.1) is 0 Å². The second-order valence-corrected chi connectivity index (χ2v) is 6.58. The first kappa shape index (κ1) is 20.6. The molecule has 5 nitrogen and oxygen atoms in total. The zero-order chi connectivity index (χ0) is 20.0. The van der Waals surface area contributed by atoms with E-state index in [1.54, 1.807) is 36.4 Å². The molecule has 2 rings (SSSR count). The molecule has 142 valence electrons. The van der Waals surface area contributed by atoms with Crippen molar-refractivity contribution in [3.8, 4) is 0 Å². The average Bonchev–Trinajstić information content (AvgIpc) is 2.67. The largest absolute Gasteiger partial charge is 0.453 e. The minimum atomic E-state index is -0.954. The summed E-state index contributed by atoms with van der Waals surface area (Å²) in [6, 6.07) is 12.8. The summed E-state index contributed by atoms with van der Waals surface area (Å²) in [5, 5.41) is 2.81. The third-order valence-corrected chi connectivity index (χ3v) is 4.46. The Labute approximate surface area is 163 Å². The monoisotopic (exact) mass is 387 g/mol. The van der Waals surface area contributed by atoms with Gasteiger partial charge in [-0.3, -0.25) is 9.59 Å². The van der Waals surface area contributed by atoms with Crippen LogP contribution in [0.3, 0.4) is 0 Å². The van der Waals surface area contributed by atoms with E-state index < -0.39 is 24.0 Å². The molecule has 0 aliphatic rings. The number of aryl methyl sites for hydroxylation is 1. The highest BCUT2D eigenvalue weighted by atomic mass is 35.5. The lowest BCUT2D eigenvalue weighted by atomic mass is 10.0. The molecule has 1 amide bonds. The van der Waals surface area contributed by atoms with Crippen molar-refractivity contribution in [1.29, 1.82) is 0 Å². The lowest BCUT2D eigenvalue weighted by Gasteiger charge is -2.17. The standard InChI is InChI=1S/C21H22ClNO4/c1-4-15-9-11-16(12-10-15)19(24)14(3)27-21(26)13(2)23-20(25)17-7-5-6-8-18(17)22/h5-14H,4H2,1-3H3,(H,23,25)/t13-,14+/m0/s1. The van der Waals surface area contributed by atoms with Gasteiger partial charge in [-0.1, -0.05) is 54.9 Å². The summed E-state index contributed by atoms with van der Waals surface area (Å²) in [5.41, 5.74) is 1.85. The van der Waals surface area contributed by atoms with Crippen molar-refractivity contribution in [2.24, 2.45) is 0 Å². The van der Waals surface area contributed by atoms with Gasteiger partial charge in [-0.05, 0) is 38.0 Å². The number of halogens is 1. The Morgan fingerprint density at radius 3 is 2.26 bits per heavy atom. The van der Waals surface area contributed by atoms with Crippen LogP contribution in [0.2, 0.25) is 5.02 Å². The molecule has 0 unspecified atom stereocenters. The molecule has 0 heterocycles. The van der Waals surface area contributed by atoms with Gasteiger partial charge in [0.25, 0.3) is 5.91 Å².